The summed E-state index contributed by atoms with van der Waals surface area (Å²) in [5.74, 6) is 0.767. The van der Waals surface area contributed by atoms with E-state index in [4.69, 9.17) is 19.9 Å². The predicted octanol–water partition coefficient (Wildman–Crippen LogP) is 2.33. The van der Waals surface area contributed by atoms with Crippen LogP contribution in [-0.2, 0) is 11.2 Å². The van der Waals surface area contributed by atoms with Crippen molar-refractivity contribution < 1.29 is 19.0 Å². The van der Waals surface area contributed by atoms with Gasteiger partial charge in [-0.25, -0.2) is 0 Å². The minimum Gasteiger partial charge on any atom is -0.497 e. The molecule has 1 atom stereocenters. The molecule has 3 aromatic rings. The van der Waals surface area contributed by atoms with Crippen molar-refractivity contribution in [3.8, 4) is 17.2 Å². The largest absolute Gasteiger partial charge is 0.497 e. The zero-order valence-electron chi connectivity index (χ0n) is 17.2. The number of benzene rings is 2. The molecule has 0 saturated heterocycles. The molecule has 8 nitrogen and oxygen atoms in total. The van der Waals surface area contributed by atoms with Crippen molar-refractivity contribution in [1.29, 1.82) is 0 Å². The van der Waals surface area contributed by atoms with Gasteiger partial charge < -0.3 is 25.0 Å². The lowest BCUT2D eigenvalue weighted by Gasteiger charge is -2.18. The Kier molecular flexibility index (Phi) is 6.46. The van der Waals surface area contributed by atoms with Gasteiger partial charge in [0.25, 0.3) is 5.56 Å². The fourth-order valence-electron chi connectivity index (χ4n) is 3.52. The quantitative estimate of drug-likeness (QED) is 0.499. The molecule has 3 rings (SSSR count). The normalized spacial score (nSPS) is 11.7. The minimum absolute atomic E-state index is 0.0218. The molecule has 0 aliphatic carbocycles. The maximum atomic E-state index is 12.7. The molecule has 0 aliphatic heterocycles. The van der Waals surface area contributed by atoms with E-state index in [1.54, 1.807) is 32.4 Å². The summed E-state index contributed by atoms with van der Waals surface area (Å²) < 4.78 is 15.9. The molecule has 0 fully saturated rings. The maximum absolute atomic E-state index is 12.7. The summed E-state index contributed by atoms with van der Waals surface area (Å²) in [6.07, 6.45) is 0.451. The molecule has 1 amide bonds. The Hall–Kier alpha value is -3.68. The van der Waals surface area contributed by atoms with E-state index >= 15 is 0 Å². The van der Waals surface area contributed by atoms with Crippen LogP contribution in [0.15, 0.2) is 47.3 Å². The summed E-state index contributed by atoms with van der Waals surface area (Å²) in [7, 11) is 4.68. The molecule has 1 aromatic heterocycles. The first kappa shape index (κ1) is 21.0. The van der Waals surface area contributed by atoms with E-state index in [0.29, 0.717) is 29.2 Å². The van der Waals surface area contributed by atoms with E-state index < -0.39 is 11.8 Å². The van der Waals surface area contributed by atoms with Crippen molar-refractivity contribution in [2.24, 2.45) is 5.73 Å². The van der Waals surface area contributed by atoms with Crippen molar-refractivity contribution in [3.63, 3.8) is 0 Å². The second-order valence-electron chi connectivity index (χ2n) is 6.83. The number of rotatable bonds is 9. The number of primary amides is 1. The monoisotopic (exact) mass is 411 g/mol. The van der Waals surface area contributed by atoms with Crippen LogP contribution in [0, 0.1) is 0 Å². The Labute approximate surface area is 174 Å². The third kappa shape index (κ3) is 4.48. The van der Waals surface area contributed by atoms with Gasteiger partial charge >= 0.3 is 0 Å². The molecule has 0 radical (unpaired) electrons. The van der Waals surface area contributed by atoms with E-state index in [2.05, 4.69) is 10.2 Å². The molecule has 0 aliphatic rings. The van der Waals surface area contributed by atoms with Gasteiger partial charge in [-0.05, 0) is 35.4 Å². The number of amides is 1. The van der Waals surface area contributed by atoms with E-state index in [-0.39, 0.29) is 12.0 Å². The fraction of sp³-hybridized carbons (Fsp3) is 0.273. The Morgan fingerprint density at radius 3 is 2.27 bits per heavy atom. The lowest BCUT2D eigenvalue weighted by molar-refractivity contribution is -0.118. The number of methoxy groups -OCH3 is 3. The molecule has 0 bridgehead atoms. The van der Waals surface area contributed by atoms with Crippen LogP contribution < -0.4 is 25.5 Å². The number of nitrogens with one attached hydrogen (secondary N) is 2. The SMILES string of the molecule is COc1ccc(Cc2[nH][nH]c(=O)c2C(CC(N)=O)c2ccc(OC)c(OC)c2)cc1. The number of carbonyl (C=O) groups is 1. The Morgan fingerprint density at radius 1 is 0.967 bits per heavy atom. The van der Waals surface area contributed by atoms with Crippen molar-refractivity contribution in [2.75, 3.05) is 21.3 Å². The topological polar surface area (TPSA) is 119 Å². The van der Waals surface area contributed by atoms with Gasteiger partial charge in [0, 0.05) is 30.0 Å². The molecule has 2 aromatic carbocycles. The molecule has 1 unspecified atom stereocenters. The molecule has 0 saturated carbocycles. The van der Waals surface area contributed by atoms with Crippen LogP contribution in [0.25, 0.3) is 0 Å². The molecular weight excluding hydrogens is 386 g/mol. The minimum atomic E-state index is -0.537. The van der Waals surface area contributed by atoms with Gasteiger partial charge in [-0.1, -0.05) is 18.2 Å². The van der Waals surface area contributed by atoms with Gasteiger partial charge in [-0.2, -0.15) is 0 Å². The first-order valence-corrected chi connectivity index (χ1v) is 9.39. The predicted molar refractivity (Wildman–Crippen MR) is 112 cm³/mol. The Morgan fingerprint density at radius 2 is 1.67 bits per heavy atom. The number of nitrogens with two attached hydrogens (primary N) is 1. The summed E-state index contributed by atoms with van der Waals surface area (Å²) in [6, 6.07) is 12.9. The summed E-state index contributed by atoms with van der Waals surface area (Å²) in [4.78, 5) is 24.5. The Balaban J connectivity index is 2.03. The highest BCUT2D eigenvalue weighted by atomic mass is 16.5. The third-order valence-electron chi connectivity index (χ3n) is 5.00. The zero-order valence-corrected chi connectivity index (χ0v) is 17.2. The lowest BCUT2D eigenvalue weighted by atomic mass is 9.87. The number of carbonyl (C=O) groups excluding carboxylic acids is 1. The van der Waals surface area contributed by atoms with Gasteiger partial charge in [0.1, 0.15) is 5.75 Å². The first-order valence-electron chi connectivity index (χ1n) is 9.39. The van der Waals surface area contributed by atoms with Crippen LogP contribution in [-0.4, -0.2) is 37.4 Å². The van der Waals surface area contributed by atoms with Gasteiger partial charge in [0.15, 0.2) is 11.5 Å². The molecule has 30 heavy (non-hydrogen) atoms. The molecular formula is C22H25N3O5. The highest BCUT2D eigenvalue weighted by Crippen LogP contribution is 2.35. The van der Waals surface area contributed by atoms with Crippen molar-refractivity contribution in [2.45, 2.75) is 18.8 Å². The van der Waals surface area contributed by atoms with E-state index in [1.165, 1.54) is 7.11 Å². The van der Waals surface area contributed by atoms with Crippen LogP contribution in [0.5, 0.6) is 17.2 Å². The highest BCUT2D eigenvalue weighted by molar-refractivity contribution is 5.75. The van der Waals surface area contributed by atoms with Crippen LogP contribution >= 0.6 is 0 Å². The van der Waals surface area contributed by atoms with E-state index in [9.17, 15) is 9.59 Å². The second-order valence-corrected chi connectivity index (χ2v) is 6.83. The maximum Gasteiger partial charge on any atom is 0.267 e. The summed E-state index contributed by atoms with van der Waals surface area (Å²) >= 11 is 0. The van der Waals surface area contributed by atoms with Crippen molar-refractivity contribution >= 4 is 5.91 Å². The Bertz CT molecular complexity index is 1070. The smallest absolute Gasteiger partial charge is 0.267 e. The zero-order chi connectivity index (χ0) is 21.7. The molecule has 8 heteroatoms. The van der Waals surface area contributed by atoms with Crippen molar-refractivity contribution in [3.05, 3.63) is 75.2 Å². The van der Waals surface area contributed by atoms with Crippen molar-refractivity contribution in [1.82, 2.24) is 10.2 Å². The summed E-state index contributed by atoms with van der Waals surface area (Å²) in [5.41, 5.74) is 8.09. The van der Waals surface area contributed by atoms with Crippen LogP contribution in [0.2, 0.25) is 0 Å². The highest BCUT2D eigenvalue weighted by Gasteiger charge is 2.25. The number of H-pyrrole nitrogens is 2. The summed E-state index contributed by atoms with van der Waals surface area (Å²) in [5, 5.41) is 5.59. The molecule has 0 spiro atoms. The number of aromatic amines is 2. The molecule has 4 N–H and O–H groups in total. The van der Waals surface area contributed by atoms with E-state index in [0.717, 1.165) is 16.9 Å². The molecule has 158 valence electrons. The van der Waals surface area contributed by atoms with Gasteiger partial charge in [-0.3, -0.25) is 14.7 Å². The average molecular weight is 411 g/mol. The average Bonchev–Trinajstić information content (AvgIpc) is 3.11. The van der Waals surface area contributed by atoms with Gasteiger partial charge in [0.2, 0.25) is 5.91 Å². The van der Waals surface area contributed by atoms with Crippen LogP contribution in [0.4, 0.5) is 0 Å². The van der Waals surface area contributed by atoms with Crippen LogP contribution in [0.3, 0.4) is 0 Å². The van der Waals surface area contributed by atoms with E-state index in [1.807, 2.05) is 24.3 Å². The number of hydrogen-bond acceptors (Lipinski definition) is 5. The third-order valence-corrected chi connectivity index (χ3v) is 5.00. The van der Waals surface area contributed by atoms with Gasteiger partial charge in [-0.15, -0.1) is 0 Å². The number of aromatic nitrogens is 2. The van der Waals surface area contributed by atoms with Crippen LogP contribution in [0.1, 0.15) is 34.7 Å². The van der Waals surface area contributed by atoms with Gasteiger partial charge in [0.05, 0.1) is 21.3 Å². The number of ether oxygens (including phenoxy) is 3. The number of hydrogen-bond donors (Lipinski definition) is 3. The lowest BCUT2D eigenvalue weighted by Crippen LogP contribution is -2.21. The first-order chi connectivity index (χ1) is 14.5. The summed E-state index contributed by atoms with van der Waals surface area (Å²) in [6.45, 7) is 0. The second kappa shape index (κ2) is 9.21. The molecule has 1 heterocycles. The standard InChI is InChI=1S/C22H25N3O5/c1-28-15-7-4-13(5-8-15)10-17-21(22(27)25-24-17)16(12-20(23)26)14-6-9-18(29-2)19(11-14)30-3/h4-9,11,16H,10,12H2,1-3H3,(H2,23,26)(H2,24,25,27). The fourth-order valence-corrected chi connectivity index (χ4v) is 3.52.